The van der Waals surface area contributed by atoms with Crippen molar-refractivity contribution in [1.82, 2.24) is 9.55 Å². The van der Waals surface area contributed by atoms with Crippen LogP contribution in [0.4, 0.5) is 5.69 Å². The van der Waals surface area contributed by atoms with Gasteiger partial charge in [-0.15, -0.1) is 0 Å². The molecule has 0 saturated heterocycles. The summed E-state index contributed by atoms with van der Waals surface area (Å²) in [6.45, 7) is 3.03. The van der Waals surface area contributed by atoms with Gasteiger partial charge in [0.05, 0.1) is 6.33 Å². The van der Waals surface area contributed by atoms with E-state index in [1.54, 1.807) is 17.5 Å². The smallest absolute Gasteiger partial charge is 0.0949 e. The lowest BCUT2D eigenvalue weighted by Gasteiger charge is -2.15. The van der Waals surface area contributed by atoms with E-state index >= 15 is 0 Å². The zero-order chi connectivity index (χ0) is 13.8. The van der Waals surface area contributed by atoms with Gasteiger partial charge < -0.3 is 9.88 Å². The van der Waals surface area contributed by atoms with E-state index in [-0.39, 0.29) is 0 Å². The number of nitrogens with one attached hydrogen (secondary N) is 1. The minimum Gasteiger partial charge on any atom is -0.378 e. The van der Waals surface area contributed by atoms with Gasteiger partial charge in [0.1, 0.15) is 0 Å². The SMILES string of the molecule is CC(Nc1cccc(Cn2ccnc2)c1)c1ccsc1. The minimum atomic E-state index is 0.324. The van der Waals surface area contributed by atoms with Crippen LogP contribution in [0.1, 0.15) is 24.1 Å². The van der Waals surface area contributed by atoms with Crippen LogP contribution in [0.25, 0.3) is 0 Å². The van der Waals surface area contributed by atoms with Gasteiger partial charge in [0.15, 0.2) is 0 Å². The number of anilines is 1. The van der Waals surface area contributed by atoms with E-state index in [9.17, 15) is 0 Å². The van der Waals surface area contributed by atoms with Crippen molar-refractivity contribution in [3.05, 3.63) is 70.9 Å². The number of benzene rings is 1. The molecule has 1 aromatic carbocycles. The fourth-order valence-corrected chi connectivity index (χ4v) is 2.96. The molecule has 0 bridgehead atoms. The fraction of sp³-hybridized carbons (Fsp3) is 0.188. The highest BCUT2D eigenvalue weighted by Gasteiger charge is 2.05. The Labute approximate surface area is 122 Å². The van der Waals surface area contributed by atoms with Crippen molar-refractivity contribution in [1.29, 1.82) is 0 Å². The second-order valence-electron chi connectivity index (χ2n) is 4.86. The first kappa shape index (κ1) is 12.9. The van der Waals surface area contributed by atoms with E-state index in [1.165, 1.54) is 11.1 Å². The Balaban J connectivity index is 1.71. The average Bonchev–Trinajstić information content (AvgIpc) is 3.12. The standard InChI is InChI=1S/C16H17N3S/c1-13(15-5-8-20-11-15)18-16-4-2-3-14(9-16)10-19-7-6-17-12-19/h2-9,11-13,18H,10H2,1H3. The zero-order valence-corrected chi connectivity index (χ0v) is 12.2. The molecule has 0 amide bonds. The van der Waals surface area contributed by atoms with E-state index in [0.717, 1.165) is 12.2 Å². The Morgan fingerprint density at radius 1 is 1.35 bits per heavy atom. The summed E-state index contributed by atoms with van der Waals surface area (Å²) in [4.78, 5) is 4.07. The molecular weight excluding hydrogens is 266 g/mol. The molecule has 0 aliphatic carbocycles. The van der Waals surface area contributed by atoms with Crippen molar-refractivity contribution in [2.24, 2.45) is 0 Å². The lowest BCUT2D eigenvalue weighted by molar-refractivity contribution is 0.796. The molecule has 3 aromatic rings. The molecule has 1 atom stereocenters. The van der Waals surface area contributed by atoms with Crippen LogP contribution in [0.5, 0.6) is 0 Å². The molecule has 0 radical (unpaired) electrons. The van der Waals surface area contributed by atoms with E-state index in [2.05, 4.69) is 62.9 Å². The van der Waals surface area contributed by atoms with Gasteiger partial charge in [-0.1, -0.05) is 12.1 Å². The quantitative estimate of drug-likeness (QED) is 0.761. The number of nitrogens with zero attached hydrogens (tertiary/aromatic N) is 2. The highest BCUT2D eigenvalue weighted by Crippen LogP contribution is 2.22. The minimum absolute atomic E-state index is 0.324. The monoisotopic (exact) mass is 283 g/mol. The van der Waals surface area contributed by atoms with Crippen LogP contribution in [0.2, 0.25) is 0 Å². The van der Waals surface area contributed by atoms with Crippen LogP contribution in [-0.4, -0.2) is 9.55 Å². The van der Waals surface area contributed by atoms with Crippen molar-refractivity contribution in [2.75, 3.05) is 5.32 Å². The third kappa shape index (κ3) is 3.08. The summed E-state index contributed by atoms with van der Waals surface area (Å²) in [6, 6.07) is 11.0. The first-order chi connectivity index (χ1) is 9.81. The molecular formula is C16H17N3S. The summed E-state index contributed by atoms with van der Waals surface area (Å²) in [5, 5.41) is 7.85. The Morgan fingerprint density at radius 2 is 2.30 bits per heavy atom. The summed E-state index contributed by atoms with van der Waals surface area (Å²) in [5.74, 6) is 0. The maximum absolute atomic E-state index is 4.07. The summed E-state index contributed by atoms with van der Waals surface area (Å²) >= 11 is 1.73. The molecule has 0 aliphatic rings. The number of hydrogen-bond donors (Lipinski definition) is 1. The highest BCUT2D eigenvalue weighted by molar-refractivity contribution is 7.07. The zero-order valence-electron chi connectivity index (χ0n) is 11.4. The summed E-state index contributed by atoms with van der Waals surface area (Å²) < 4.78 is 2.07. The molecule has 1 N–H and O–H groups in total. The first-order valence-corrected chi connectivity index (χ1v) is 7.59. The van der Waals surface area contributed by atoms with Crippen LogP contribution in [-0.2, 0) is 6.54 Å². The van der Waals surface area contributed by atoms with Crippen molar-refractivity contribution >= 4 is 17.0 Å². The van der Waals surface area contributed by atoms with Crippen LogP contribution < -0.4 is 5.32 Å². The highest BCUT2D eigenvalue weighted by atomic mass is 32.1. The van der Waals surface area contributed by atoms with Crippen molar-refractivity contribution in [3.8, 4) is 0 Å². The van der Waals surface area contributed by atoms with Gasteiger partial charge in [-0.3, -0.25) is 0 Å². The maximum atomic E-state index is 4.07. The number of hydrogen-bond acceptors (Lipinski definition) is 3. The molecule has 0 spiro atoms. The van der Waals surface area contributed by atoms with Crippen molar-refractivity contribution < 1.29 is 0 Å². The molecule has 20 heavy (non-hydrogen) atoms. The molecule has 1 unspecified atom stereocenters. The molecule has 4 heteroatoms. The summed E-state index contributed by atoms with van der Waals surface area (Å²) in [6.07, 6.45) is 5.63. The largest absolute Gasteiger partial charge is 0.378 e. The third-order valence-corrected chi connectivity index (χ3v) is 3.98. The molecule has 0 saturated carbocycles. The second-order valence-corrected chi connectivity index (χ2v) is 5.64. The van der Waals surface area contributed by atoms with Gasteiger partial charge in [-0.05, 0) is 47.0 Å². The normalized spacial score (nSPS) is 12.2. The molecule has 2 aromatic heterocycles. The molecule has 0 aliphatic heterocycles. The maximum Gasteiger partial charge on any atom is 0.0949 e. The average molecular weight is 283 g/mol. The van der Waals surface area contributed by atoms with Gasteiger partial charge in [-0.2, -0.15) is 11.3 Å². The molecule has 102 valence electrons. The van der Waals surface area contributed by atoms with E-state index < -0.39 is 0 Å². The molecule has 3 rings (SSSR count). The van der Waals surface area contributed by atoms with Gasteiger partial charge in [0.2, 0.25) is 0 Å². The van der Waals surface area contributed by atoms with E-state index in [1.807, 2.05) is 12.5 Å². The molecule has 3 nitrogen and oxygen atoms in total. The summed E-state index contributed by atoms with van der Waals surface area (Å²) in [5.41, 5.74) is 3.75. The second kappa shape index (κ2) is 5.92. The number of thiophene rings is 1. The van der Waals surface area contributed by atoms with Gasteiger partial charge in [-0.25, -0.2) is 4.98 Å². The molecule has 0 fully saturated rings. The predicted octanol–water partition coefficient (Wildman–Crippen LogP) is 4.17. The van der Waals surface area contributed by atoms with Crippen LogP contribution in [0.3, 0.4) is 0 Å². The number of rotatable bonds is 5. The van der Waals surface area contributed by atoms with Crippen LogP contribution in [0, 0.1) is 0 Å². The van der Waals surface area contributed by atoms with E-state index in [4.69, 9.17) is 0 Å². The third-order valence-electron chi connectivity index (χ3n) is 3.28. The van der Waals surface area contributed by atoms with Gasteiger partial charge in [0.25, 0.3) is 0 Å². The van der Waals surface area contributed by atoms with Crippen molar-refractivity contribution in [3.63, 3.8) is 0 Å². The lowest BCUT2D eigenvalue weighted by atomic mass is 10.1. The lowest BCUT2D eigenvalue weighted by Crippen LogP contribution is -2.06. The number of imidazole rings is 1. The Morgan fingerprint density at radius 3 is 3.05 bits per heavy atom. The molecule has 2 heterocycles. The van der Waals surface area contributed by atoms with Gasteiger partial charge >= 0.3 is 0 Å². The van der Waals surface area contributed by atoms with Gasteiger partial charge in [0, 0.05) is 30.7 Å². The number of aromatic nitrogens is 2. The van der Waals surface area contributed by atoms with Crippen molar-refractivity contribution in [2.45, 2.75) is 19.5 Å². The van der Waals surface area contributed by atoms with Crippen LogP contribution >= 0.6 is 11.3 Å². The first-order valence-electron chi connectivity index (χ1n) is 6.64. The van der Waals surface area contributed by atoms with E-state index in [0.29, 0.717) is 6.04 Å². The Hall–Kier alpha value is -2.07. The topological polar surface area (TPSA) is 29.9 Å². The fourth-order valence-electron chi connectivity index (χ4n) is 2.21. The van der Waals surface area contributed by atoms with Crippen LogP contribution in [0.15, 0.2) is 59.8 Å². The Kier molecular flexibility index (Phi) is 3.83. The predicted molar refractivity (Wildman–Crippen MR) is 84.1 cm³/mol. The Bertz CT molecular complexity index is 644. The summed E-state index contributed by atoms with van der Waals surface area (Å²) in [7, 11) is 0.